The smallest absolute Gasteiger partial charge is 0.140 e. The zero-order chi connectivity index (χ0) is 9.54. The molecule has 2 bridgehead atoms. The first-order valence-corrected chi connectivity index (χ1v) is 5.50. The van der Waals surface area contributed by atoms with Gasteiger partial charge in [0.25, 0.3) is 0 Å². The maximum Gasteiger partial charge on any atom is 0.140 e. The molecule has 0 aromatic carbocycles. The van der Waals surface area contributed by atoms with Crippen LogP contribution in [-0.4, -0.2) is 17.2 Å². The topological polar surface area (TPSA) is 38.1 Å². The van der Waals surface area contributed by atoms with Crippen LogP contribution in [0.4, 0.5) is 0 Å². The molecule has 0 amide bonds. The van der Waals surface area contributed by atoms with Crippen LogP contribution >= 0.6 is 0 Å². The third-order valence-corrected chi connectivity index (χ3v) is 3.52. The van der Waals surface area contributed by atoms with Gasteiger partial charge in [-0.2, -0.15) is 0 Å². The minimum absolute atomic E-state index is 0.606. The van der Waals surface area contributed by atoms with Gasteiger partial charge in [-0.3, -0.25) is 0 Å². The van der Waals surface area contributed by atoms with Crippen molar-refractivity contribution in [2.45, 2.75) is 50.6 Å². The largest absolute Gasteiger partial charge is 0.361 e. The van der Waals surface area contributed by atoms with Gasteiger partial charge in [0.1, 0.15) is 5.76 Å². The quantitative estimate of drug-likeness (QED) is 0.739. The van der Waals surface area contributed by atoms with Crippen molar-refractivity contribution in [1.82, 2.24) is 10.5 Å². The van der Waals surface area contributed by atoms with Crippen molar-refractivity contribution in [2.75, 3.05) is 0 Å². The van der Waals surface area contributed by atoms with Crippen LogP contribution in [0.25, 0.3) is 0 Å². The van der Waals surface area contributed by atoms with Crippen LogP contribution < -0.4 is 5.32 Å². The van der Waals surface area contributed by atoms with E-state index in [1.54, 1.807) is 0 Å². The summed E-state index contributed by atoms with van der Waals surface area (Å²) < 4.78 is 5.35. The van der Waals surface area contributed by atoms with Gasteiger partial charge in [0.15, 0.2) is 0 Å². The standard InChI is InChI=1S/C11H16N2O/c1-7-4-11(14-13-7)8-5-9-2-3-10(6-8)12-9/h4,8-10,12H,2-3,5-6H2,1H3. The fourth-order valence-corrected chi connectivity index (χ4v) is 2.87. The van der Waals surface area contributed by atoms with E-state index in [1.807, 2.05) is 6.92 Å². The van der Waals surface area contributed by atoms with Gasteiger partial charge in [-0.15, -0.1) is 0 Å². The second-order valence-corrected chi connectivity index (χ2v) is 4.68. The van der Waals surface area contributed by atoms with Gasteiger partial charge in [-0.25, -0.2) is 0 Å². The summed E-state index contributed by atoms with van der Waals surface area (Å²) in [6.07, 6.45) is 5.14. The van der Waals surface area contributed by atoms with E-state index < -0.39 is 0 Å². The molecule has 0 saturated carbocycles. The van der Waals surface area contributed by atoms with Gasteiger partial charge in [0, 0.05) is 24.1 Å². The number of hydrogen-bond donors (Lipinski definition) is 1. The number of nitrogens with one attached hydrogen (secondary N) is 1. The highest BCUT2D eigenvalue weighted by Gasteiger charge is 2.35. The summed E-state index contributed by atoms with van der Waals surface area (Å²) in [6.45, 7) is 1.99. The molecule has 0 radical (unpaired) electrons. The number of fused-ring (bicyclic) bond motifs is 2. The molecular formula is C11H16N2O. The second-order valence-electron chi connectivity index (χ2n) is 4.68. The van der Waals surface area contributed by atoms with Crippen LogP contribution in [0.2, 0.25) is 0 Å². The van der Waals surface area contributed by atoms with Gasteiger partial charge in [-0.05, 0) is 32.6 Å². The molecule has 1 aromatic rings. The lowest BCUT2D eigenvalue weighted by Crippen LogP contribution is -2.37. The molecule has 1 aromatic heterocycles. The lowest BCUT2D eigenvalue weighted by atomic mass is 9.90. The molecule has 2 aliphatic heterocycles. The number of hydrogen-bond acceptors (Lipinski definition) is 3. The molecule has 2 fully saturated rings. The van der Waals surface area contributed by atoms with Crippen LogP contribution in [0.15, 0.2) is 10.6 Å². The zero-order valence-electron chi connectivity index (χ0n) is 8.49. The number of piperidine rings is 1. The van der Waals surface area contributed by atoms with Crippen LogP contribution in [0.1, 0.15) is 43.1 Å². The molecule has 2 atom stereocenters. The molecule has 0 spiro atoms. The molecular weight excluding hydrogens is 176 g/mol. The van der Waals surface area contributed by atoms with Gasteiger partial charge in [0.2, 0.25) is 0 Å². The summed E-state index contributed by atoms with van der Waals surface area (Å²) in [6, 6.07) is 3.54. The monoisotopic (exact) mass is 192 g/mol. The Balaban J connectivity index is 1.80. The Labute approximate surface area is 83.9 Å². The van der Waals surface area contributed by atoms with Crippen LogP contribution in [0, 0.1) is 6.92 Å². The summed E-state index contributed by atoms with van der Waals surface area (Å²) in [7, 11) is 0. The Morgan fingerprint density at radius 2 is 2.07 bits per heavy atom. The summed E-state index contributed by atoms with van der Waals surface area (Å²) in [5.41, 5.74) is 1.01. The average molecular weight is 192 g/mol. The molecule has 14 heavy (non-hydrogen) atoms. The predicted octanol–water partition coefficient (Wildman–Crippen LogP) is 1.98. The maximum absolute atomic E-state index is 5.35. The summed E-state index contributed by atoms with van der Waals surface area (Å²) in [5, 5.41) is 7.60. The molecule has 3 nitrogen and oxygen atoms in total. The van der Waals surface area contributed by atoms with Crippen molar-refractivity contribution >= 4 is 0 Å². The molecule has 2 aliphatic rings. The lowest BCUT2D eigenvalue weighted by molar-refractivity contribution is 0.292. The van der Waals surface area contributed by atoms with E-state index in [-0.39, 0.29) is 0 Å². The summed E-state index contributed by atoms with van der Waals surface area (Å²) in [5.74, 6) is 1.70. The Morgan fingerprint density at radius 1 is 1.36 bits per heavy atom. The van der Waals surface area contributed by atoms with Crippen molar-refractivity contribution in [3.63, 3.8) is 0 Å². The molecule has 1 N–H and O–H groups in total. The molecule has 3 heteroatoms. The number of rotatable bonds is 1. The first-order valence-electron chi connectivity index (χ1n) is 5.50. The Morgan fingerprint density at radius 3 is 2.64 bits per heavy atom. The van der Waals surface area contributed by atoms with E-state index in [0.717, 1.165) is 23.5 Å². The van der Waals surface area contributed by atoms with E-state index in [2.05, 4.69) is 16.5 Å². The highest BCUT2D eigenvalue weighted by Crippen LogP contribution is 2.37. The van der Waals surface area contributed by atoms with Crippen LogP contribution in [-0.2, 0) is 0 Å². The fourth-order valence-electron chi connectivity index (χ4n) is 2.87. The van der Waals surface area contributed by atoms with Crippen molar-refractivity contribution in [2.24, 2.45) is 0 Å². The van der Waals surface area contributed by atoms with Gasteiger partial charge in [-0.1, -0.05) is 5.16 Å². The van der Waals surface area contributed by atoms with Gasteiger partial charge < -0.3 is 9.84 Å². The third-order valence-electron chi connectivity index (χ3n) is 3.52. The molecule has 3 rings (SSSR count). The first-order chi connectivity index (χ1) is 6.81. The van der Waals surface area contributed by atoms with E-state index in [9.17, 15) is 0 Å². The van der Waals surface area contributed by atoms with E-state index in [1.165, 1.54) is 25.7 Å². The highest BCUT2D eigenvalue weighted by molar-refractivity contribution is 5.12. The summed E-state index contributed by atoms with van der Waals surface area (Å²) >= 11 is 0. The third kappa shape index (κ3) is 1.36. The van der Waals surface area contributed by atoms with Gasteiger partial charge in [0.05, 0.1) is 5.69 Å². The zero-order valence-corrected chi connectivity index (χ0v) is 8.49. The Kier molecular flexibility index (Phi) is 1.87. The van der Waals surface area contributed by atoms with Gasteiger partial charge >= 0.3 is 0 Å². The molecule has 76 valence electrons. The first kappa shape index (κ1) is 8.48. The molecule has 0 aliphatic carbocycles. The minimum atomic E-state index is 0.606. The van der Waals surface area contributed by atoms with E-state index >= 15 is 0 Å². The van der Waals surface area contributed by atoms with Crippen molar-refractivity contribution in [3.05, 3.63) is 17.5 Å². The Hall–Kier alpha value is -0.830. The van der Waals surface area contributed by atoms with E-state index in [4.69, 9.17) is 4.52 Å². The highest BCUT2D eigenvalue weighted by atomic mass is 16.5. The number of nitrogens with zero attached hydrogens (tertiary/aromatic N) is 1. The molecule has 2 saturated heterocycles. The maximum atomic E-state index is 5.35. The normalized spacial score (nSPS) is 36.2. The molecule has 2 unspecified atom stereocenters. The minimum Gasteiger partial charge on any atom is -0.361 e. The lowest BCUT2D eigenvalue weighted by Gasteiger charge is -2.27. The average Bonchev–Trinajstić information content (AvgIpc) is 2.73. The van der Waals surface area contributed by atoms with E-state index in [0.29, 0.717) is 5.92 Å². The summed E-state index contributed by atoms with van der Waals surface area (Å²) in [4.78, 5) is 0. The van der Waals surface area contributed by atoms with Crippen LogP contribution in [0.5, 0.6) is 0 Å². The predicted molar refractivity (Wildman–Crippen MR) is 53.2 cm³/mol. The van der Waals surface area contributed by atoms with Crippen molar-refractivity contribution in [3.8, 4) is 0 Å². The van der Waals surface area contributed by atoms with Crippen LogP contribution in [0.3, 0.4) is 0 Å². The van der Waals surface area contributed by atoms with Crippen molar-refractivity contribution < 1.29 is 4.52 Å². The fraction of sp³-hybridized carbons (Fsp3) is 0.727. The second kappa shape index (κ2) is 3.09. The van der Waals surface area contributed by atoms with Crippen molar-refractivity contribution in [1.29, 1.82) is 0 Å². The number of aromatic nitrogens is 1. The number of aryl methyl sites for hydroxylation is 1. The molecule has 3 heterocycles. The Bertz CT molecular complexity index is 322. The SMILES string of the molecule is Cc1cc(C2CC3CCC(C2)N3)on1.